The van der Waals surface area contributed by atoms with Gasteiger partial charge in [0.15, 0.2) is 0 Å². The fourth-order valence-electron chi connectivity index (χ4n) is 1.43. The summed E-state index contributed by atoms with van der Waals surface area (Å²) in [6.45, 7) is 2.90. The molecular formula is C12H19N3O2S. The summed E-state index contributed by atoms with van der Waals surface area (Å²) in [5.74, 6) is 1.01. The van der Waals surface area contributed by atoms with Crippen molar-refractivity contribution < 1.29 is 9.53 Å². The van der Waals surface area contributed by atoms with Crippen molar-refractivity contribution in [1.82, 2.24) is 4.98 Å². The Bertz CT molecular complexity index is 399. The van der Waals surface area contributed by atoms with Crippen LogP contribution in [0.25, 0.3) is 0 Å². The third-order valence-electron chi connectivity index (χ3n) is 2.26. The molecule has 100 valence electrons. The molecule has 18 heavy (non-hydrogen) atoms. The van der Waals surface area contributed by atoms with Crippen LogP contribution in [0.1, 0.15) is 23.7 Å². The van der Waals surface area contributed by atoms with Gasteiger partial charge in [0.1, 0.15) is 5.82 Å². The standard InChI is InChI=1S/C12H19N3O2S/c1-3-17-12(16)9-7-11(13)15-8-10(9)14-5-4-6-18-2/h7-8,14H,3-6H2,1-2H3,(H2,13,15). The molecule has 0 saturated heterocycles. The summed E-state index contributed by atoms with van der Waals surface area (Å²) in [4.78, 5) is 15.7. The molecule has 0 saturated carbocycles. The Labute approximate surface area is 111 Å². The van der Waals surface area contributed by atoms with Crippen LogP contribution in [0, 0.1) is 0 Å². The highest BCUT2D eigenvalue weighted by atomic mass is 32.2. The second-order valence-corrected chi connectivity index (χ2v) is 4.63. The van der Waals surface area contributed by atoms with Gasteiger partial charge in [0.25, 0.3) is 0 Å². The number of hydrogen-bond acceptors (Lipinski definition) is 6. The lowest BCUT2D eigenvalue weighted by atomic mass is 10.2. The fourth-order valence-corrected chi connectivity index (χ4v) is 1.86. The second-order valence-electron chi connectivity index (χ2n) is 3.65. The maximum absolute atomic E-state index is 11.8. The van der Waals surface area contributed by atoms with E-state index in [2.05, 4.69) is 16.6 Å². The molecule has 3 N–H and O–H groups in total. The maximum atomic E-state index is 11.8. The monoisotopic (exact) mass is 269 g/mol. The number of aromatic nitrogens is 1. The first kappa shape index (κ1) is 14.6. The minimum Gasteiger partial charge on any atom is -0.462 e. The number of nitrogens with zero attached hydrogens (tertiary/aromatic N) is 1. The van der Waals surface area contributed by atoms with Gasteiger partial charge in [-0.1, -0.05) is 0 Å². The number of anilines is 2. The van der Waals surface area contributed by atoms with Crippen molar-refractivity contribution in [3.05, 3.63) is 17.8 Å². The van der Waals surface area contributed by atoms with Gasteiger partial charge >= 0.3 is 5.97 Å². The number of nitrogens with one attached hydrogen (secondary N) is 1. The Balaban J connectivity index is 2.73. The molecule has 0 aliphatic heterocycles. The van der Waals surface area contributed by atoms with Crippen LogP contribution in [-0.2, 0) is 4.74 Å². The van der Waals surface area contributed by atoms with Crippen molar-refractivity contribution in [3.8, 4) is 0 Å². The molecule has 1 aromatic rings. The lowest BCUT2D eigenvalue weighted by Gasteiger charge is -2.11. The van der Waals surface area contributed by atoms with Crippen molar-refractivity contribution in [2.75, 3.05) is 36.2 Å². The number of rotatable bonds is 7. The van der Waals surface area contributed by atoms with E-state index in [9.17, 15) is 4.79 Å². The molecule has 1 rings (SSSR count). The topological polar surface area (TPSA) is 77.2 Å². The smallest absolute Gasteiger partial charge is 0.340 e. The Hall–Kier alpha value is -1.43. The Morgan fingerprint density at radius 1 is 1.61 bits per heavy atom. The van der Waals surface area contributed by atoms with Crippen molar-refractivity contribution >= 4 is 29.2 Å². The SMILES string of the molecule is CCOC(=O)c1cc(N)ncc1NCCCSC. The third-order valence-corrected chi connectivity index (χ3v) is 2.96. The van der Waals surface area contributed by atoms with Crippen LogP contribution in [0.15, 0.2) is 12.3 Å². The summed E-state index contributed by atoms with van der Waals surface area (Å²) in [7, 11) is 0. The van der Waals surface area contributed by atoms with E-state index in [1.807, 2.05) is 0 Å². The van der Waals surface area contributed by atoms with Gasteiger partial charge in [0, 0.05) is 6.54 Å². The van der Waals surface area contributed by atoms with Crippen molar-refractivity contribution in [2.24, 2.45) is 0 Å². The largest absolute Gasteiger partial charge is 0.462 e. The van der Waals surface area contributed by atoms with Gasteiger partial charge in [0.2, 0.25) is 0 Å². The molecule has 0 spiro atoms. The van der Waals surface area contributed by atoms with Crippen LogP contribution in [0.5, 0.6) is 0 Å². The van der Waals surface area contributed by atoms with Gasteiger partial charge in [0.05, 0.1) is 24.1 Å². The van der Waals surface area contributed by atoms with Crippen LogP contribution in [0.3, 0.4) is 0 Å². The highest BCUT2D eigenvalue weighted by molar-refractivity contribution is 7.98. The van der Waals surface area contributed by atoms with E-state index in [-0.39, 0.29) is 5.97 Å². The number of ether oxygens (including phenoxy) is 1. The second kappa shape index (κ2) is 7.81. The molecule has 0 radical (unpaired) electrons. The number of thioether (sulfide) groups is 1. The molecular weight excluding hydrogens is 250 g/mol. The zero-order chi connectivity index (χ0) is 13.4. The molecule has 1 heterocycles. The summed E-state index contributed by atoms with van der Waals surface area (Å²) in [6.07, 6.45) is 4.66. The van der Waals surface area contributed by atoms with E-state index in [4.69, 9.17) is 10.5 Å². The van der Waals surface area contributed by atoms with Gasteiger partial charge < -0.3 is 15.8 Å². The molecule has 0 aliphatic carbocycles. The summed E-state index contributed by atoms with van der Waals surface area (Å²) in [5, 5.41) is 3.18. The van der Waals surface area contributed by atoms with Gasteiger partial charge in [-0.25, -0.2) is 9.78 Å². The number of carbonyl (C=O) groups is 1. The van der Waals surface area contributed by atoms with E-state index in [1.165, 1.54) is 6.07 Å². The lowest BCUT2D eigenvalue weighted by molar-refractivity contribution is 0.0527. The highest BCUT2D eigenvalue weighted by Crippen LogP contribution is 2.18. The Kier molecular flexibility index (Phi) is 6.35. The number of carbonyl (C=O) groups excluding carboxylic acids is 1. The number of nitrogen functional groups attached to an aromatic ring is 1. The predicted octanol–water partition coefficient (Wildman–Crippen LogP) is 2.01. The molecule has 5 nitrogen and oxygen atoms in total. The average Bonchev–Trinajstić information content (AvgIpc) is 2.36. The summed E-state index contributed by atoms with van der Waals surface area (Å²) in [6, 6.07) is 1.54. The van der Waals surface area contributed by atoms with E-state index in [1.54, 1.807) is 24.9 Å². The van der Waals surface area contributed by atoms with Crippen LogP contribution in [0.4, 0.5) is 11.5 Å². The zero-order valence-electron chi connectivity index (χ0n) is 10.7. The molecule has 0 amide bonds. The minimum atomic E-state index is -0.376. The minimum absolute atomic E-state index is 0.313. The predicted molar refractivity (Wildman–Crippen MR) is 76.1 cm³/mol. The molecule has 1 aromatic heterocycles. The summed E-state index contributed by atoms with van der Waals surface area (Å²) >= 11 is 1.79. The van der Waals surface area contributed by atoms with Crippen molar-refractivity contribution in [2.45, 2.75) is 13.3 Å². The number of pyridine rings is 1. The maximum Gasteiger partial charge on any atom is 0.340 e. The normalized spacial score (nSPS) is 10.1. The molecule has 0 bridgehead atoms. The summed E-state index contributed by atoms with van der Waals surface area (Å²) in [5.41, 5.74) is 6.70. The van der Waals surface area contributed by atoms with Gasteiger partial charge in [-0.3, -0.25) is 0 Å². The molecule has 6 heteroatoms. The molecule has 0 aromatic carbocycles. The van der Waals surface area contributed by atoms with E-state index >= 15 is 0 Å². The highest BCUT2D eigenvalue weighted by Gasteiger charge is 2.13. The molecule has 0 fully saturated rings. The molecule has 0 atom stereocenters. The lowest BCUT2D eigenvalue weighted by Crippen LogP contribution is -2.12. The Morgan fingerprint density at radius 2 is 2.39 bits per heavy atom. The number of hydrogen-bond donors (Lipinski definition) is 2. The Morgan fingerprint density at radius 3 is 3.06 bits per heavy atom. The summed E-state index contributed by atoms with van der Waals surface area (Å²) < 4.78 is 4.98. The number of nitrogens with two attached hydrogens (primary N) is 1. The first-order valence-corrected chi connectivity index (χ1v) is 7.23. The van der Waals surface area contributed by atoms with E-state index in [0.29, 0.717) is 23.7 Å². The first-order valence-electron chi connectivity index (χ1n) is 5.84. The first-order chi connectivity index (χ1) is 8.69. The van der Waals surface area contributed by atoms with Crippen molar-refractivity contribution in [3.63, 3.8) is 0 Å². The zero-order valence-corrected chi connectivity index (χ0v) is 11.5. The number of esters is 1. The van der Waals surface area contributed by atoms with E-state index < -0.39 is 0 Å². The van der Waals surface area contributed by atoms with E-state index in [0.717, 1.165) is 18.7 Å². The van der Waals surface area contributed by atoms with Crippen LogP contribution in [0.2, 0.25) is 0 Å². The van der Waals surface area contributed by atoms with Crippen molar-refractivity contribution in [1.29, 1.82) is 0 Å². The van der Waals surface area contributed by atoms with Crippen LogP contribution in [-0.4, -0.2) is 36.1 Å². The molecule has 0 aliphatic rings. The fraction of sp³-hybridized carbons (Fsp3) is 0.500. The quantitative estimate of drug-likeness (QED) is 0.582. The van der Waals surface area contributed by atoms with Crippen LogP contribution >= 0.6 is 11.8 Å². The van der Waals surface area contributed by atoms with Gasteiger partial charge in [-0.15, -0.1) is 0 Å². The van der Waals surface area contributed by atoms with Gasteiger partial charge in [-0.2, -0.15) is 11.8 Å². The van der Waals surface area contributed by atoms with Crippen LogP contribution < -0.4 is 11.1 Å². The third kappa shape index (κ3) is 4.44. The van der Waals surface area contributed by atoms with Gasteiger partial charge in [-0.05, 0) is 31.4 Å². The molecule has 0 unspecified atom stereocenters. The average molecular weight is 269 g/mol.